The van der Waals surface area contributed by atoms with Crippen LogP contribution in [0, 0.1) is 6.92 Å². The molecule has 4 heteroatoms. The summed E-state index contributed by atoms with van der Waals surface area (Å²) in [7, 11) is 2.05. The number of rotatable bonds is 3. The van der Waals surface area contributed by atoms with Gasteiger partial charge in [0.25, 0.3) is 0 Å². The summed E-state index contributed by atoms with van der Waals surface area (Å²) in [5.41, 5.74) is 1.21. The zero-order chi connectivity index (χ0) is 10.7. The van der Waals surface area contributed by atoms with Crippen molar-refractivity contribution in [3.05, 3.63) is 22.3 Å². The Labute approximate surface area is 102 Å². The second-order valence-electron chi connectivity index (χ2n) is 3.43. The van der Waals surface area contributed by atoms with E-state index >= 15 is 0 Å². The standard InChI is InChI=1S/C10H14Br2N2/c1-7-4-5-13-10(9(7)12)14(3)6-8(2)11/h4-5,8H,6H2,1-3H3. The van der Waals surface area contributed by atoms with Crippen LogP contribution in [0.25, 0.3) is 0 Å². The minimum absolute atomic E-state index is 0.460. The average Bonchev–Trinajstić information content (AvgIpc) is 2.08. The Bertz CT molecular complexity index is 313. The van der Waals surface area contributed by atoms with Crippen molar-refractivity contribution < 1.29 is 0 Å². The lowest BCUT2D eigenvalue weighted by Gasteiger charge is -2.21. The van der Waals surface area contributed by atoms with Gasteiger partial charge in [-0.05, 0) is 34.5 Å². The smallest absolute Gasteiger partial charge is 0.142 e. The first-order valence-electron chi connectivity index (χ1n) is 4.48. The van der Waals surface area contributed by atoms with E-state index in [1.165, 1.54) is 5.56 Å². The number of nitrogens with zero attached hydrogens (tertiary/aromatic N) is 2. The maximum Gasteiger partial charge on any atom is 0.142 e. The van der Waals surface area contributed by atoms with Gasteiger partial charge in [-0.25, -0.2) is 4.98 Å². The second-order valence-corrected chi connectivity index (χ2v) is 5.78. The summed E-state index contributed by atoms with van der Waals surface area (Å²) in [6.07, 6.45) is 1.84. The Kier molecular flexibility index (Phi) is 4.38. The number of hydrogen-bond donors (Lipinski definition) is 0. The summed E-state index contributed by atoms with van der Waals surface area (Å²) in [4.78, 5) is 6.95. The van der Waals surface area contributed by atoms with Crippen LogP contribution < -0.4 is 4.90 Å². The van der Waals surface area contributed by atoms with Crippen molar-refractivity contribution in [2.45, 2.75) is 18.7 Å². The molecule has 0 saturated carbocycles. The fourth-order valence-electron chi connectivity index (χ4n) is 1.26. The van der Waals surface area contributed by atoms with Gasteiger partial charge in [-0.15, -0.1) is 0 Å². The molecule has 0 aliphatic carbocycles. The summed E-state index contributed by atoms with van der Waals surface area (Å²) in [5.74, 6) is 0.997. The van der Waals surface area contributed by atoms with Crippen LogP contribution in [0.5, 0.6) is 0 Å². The molecule has 0 spiro atoms. The summed E-state index contributed by atoms with van der Waals surface area (Å²) in [6, 6.07) is 2.00. The van der Waals surface area contributed by atoms with E-state index in [0.717, 1.165) is 16.8 Å². The lowest BCUT2D eigenvalue weighted by molar-refractivity contribution is 0.856. The van der Waals surface area contributed by atoms with Crippen molar-refractivity contribution in [3.8, 4) is 0 Å². The number of halogens is 2. The molecule has 1 unspecified atom stereocenters. The zero-order valence-corrected chi connectivity index (χ0v) is 11.8. The van der Waals surface area contributed by atoms with Crippen molar-refractivity contribution in [1.29, 1.82) is 0 Å². The van der Waals surface area contributed by atoms with Gasteiger partial charge in [-0.1, -0.05) is 22.9 Å². The molecule has 0 amide bonds. The Morgan fingerprint density at radius 1 is 1.57 bits per heavy atom. The van der Waals surface area contributed by atoms with Crippen molar-refractivity contribution >= 4 is 37.7 Å². The SMILES string of the molecule is Cc1ccnc(N(C)CC(C)Br)c1Br. The highest BCUT2D eigenvalue weighted by molar-refractivity contribution is 9.10. The minimum atomic E-state index is 0.460. The van der Waals surface area contributed by atoms with Crippen molar-refractivity contribution in [1.82, 2.24) is 4.98 Å². The van der Waals surface area contributed by atoms with Crippen LogP contribution in [-0.2, 0) is 0 Å². The predicted molar refractivity (Wildman–Crippen MR) is 68.3 cm³/mol. The van der Waals surface area contributed by atoms with Gasteiger partial charge < -0.3 is 4.90 Å². The molecule has 0 aliphatic heterocycles. The van der Waals surface area contributed by atoms with Gasteiger partial charge in [0.1, 0.15) is 5.82 Å². The molecule has 1 rings (SSSR count). The maximum atomic E-state index is 4.35. The lowest BCUT2D eigenvalue weighted by Crippen LogP contribution is -2.25. The van der Waals surface area contributed by atoms with Crippen molar-refractivity contribution in [2.75, 3.05) is 18.5 Å². The van der Waals surface area contributed by atoms with Crippen LogP contribution in [0.2, 0.25) is 0 Å². The Balaban J connectivity index is 2.89. The third-order valence-electron chi connectivity index (χ3n) is 1.95. The van der Waals surface area contributed by atoms with Gasteiger partial charge in [0, 0.05) is 24.6 Å². The van der Waals surface area contributed by atoms with Crippen LogP contribution in [-0.4, -0.2) is 23.4 Å². The highest BCUT2D eigenvalue weighted by Crippen LogP contribution is 2.26. The summed E-state index contributed by atoms with van der Waals surface area (Å²) >= 11 is 7.08. The van der Waals surface area contributed by atoms with Gasteiger partial charge >= 0.3 is 0 Å². The zero-order valence-electron chi connectivity index (χ0n) is 8.59. The number of alkyl halides is 1. The van der Waals surface area contributed by atoms with Gasteiger partial charge in [0.2, 0.25) is 0 Å². The third kappa shape index (κ3) is 2.95. The van der Waals surface area contributed by atoms with Crippen LogP contribution in [0.3, 0.4) is 0 Å². The largest absolute Gasteiger partial charge is 0.358 e. The van der Waals surface area contributed by atoms with Crippen LogP contribution >= 0.6 is 31.9 Å². The highest BCUT2D eigenvalue weighted by atomic mass is 79.9. The normalized spacial score (nSPS) is 12.6. The summed E-state index contributed by atoms with van der Waals surface area (Å²) in [5, 5.41) is 0. The monoisotopic (exact) mass is 320 g/mol. The van der Waals surface area contributed by atoms with E-state index in [1.54, 1.807) is 0 Å². The molecular formula is C10H14Br2N2. The first-order valence-corrected chi connectivity index (χ1v) is 6.19. The molecule has 0 N–H and O–H groups in total. The molecule has 0 fully saturated rings. The van der Waals surface area contributed by atoms with E-state index in [-0.39, 0.29) is 0 Å². The Morgan fingerprint density at radius 2 is 2.21 bits per heavy atom. The average molecular weight is 322 g/mol. The quantitative estimate of drug-likeness (QED) is 0.793. The number of hydrogen-bond acceptors (Lipinski definition) is 2. The number of anilines is 1. The minimum Gasteiger partial charge on any atom is -0.358 e. The molecule has 14 heavy (non-hydrogen) atoms. The number of pyridine rings is 1. The molecule has 1 heterocycles. The van der Waals surface area contributed by atoms with Crippen LogP contribution in [0.15, 0.2) is 16.7 Å². The van der Waals surface area contributed by atoms with E-state index in [1.807, 2.05) is 19.3 Å². The van der Waals surface area contributed by atoms with Gasteiger partial charge in [0.05, 0.1) is 4.47 Å². The molecule has 0 aromatic carbocycles. The fourth-order valence-corrected chi connectivity index (χ4v) is 2.23. The van der Waals surface area contributed by atoms with E-state index in [0.29, 0.717) is 4.83 Å². The van der Waals surface area contributed by atoms with Gasteiger partial charge in [-0.2, -0.15) is 0 Å². The molecule has 2 nitrogen and oxygen atoms in total. The number of aromatic nitrogens is 1. The van der Waals surface area contributed by atoms with E-state index in [4.69, 9.17) is 0 Å². The Morgan fingerprint density at radius 3 is 2.79 bits per heavy atom. The maximum absolute atomic E-state index is 4.35. The topological polar surface area (TPSA) is 16.1 Å². The highest BCUT2D eigenvalue weighted by Gasteiger charge is 2.10. The second kappa shape index (κ2) is 5.12. The van der Waals surface area contributed by atoms with Crippen LogP contribution in [0.1, 0.15) is 12.5 Å². The third-order valence-corrected chi connectivity index (χ3v) is 3.22. The molecule has 0 saturated heterocycles. The van der Waals surface area contributed by atoms with Gasteiger partial charge in [-0.3, -0.25) is 0 Å². The molecule has 0 radical (unpaired) electrons. The molecule has 1 aromatic rings. The van der Waals surface area contributed by atoms with E-state index in [2.05, 4.69) is 55.6 Å². The molecular weight excluding hydrogens is 308 g/mol. The molecule has 0 bridgehead atoms. The summed E-state index contributed by atoms with van der Waals surface area (Å²) < 4.78 is 1.08. The van der Waals surface area contributed by atoms with E-state index < -0.39 is 0 Å². The lowest BCUT2D eigenvalue weighted by atomic mass is 10.3. The first-order chi connectivity index (χ1) is 6.52. The Hall–Kier alpha value is -0.0900. The molecule has 1 atom stereocenters. The van der Waals surface area contributed by atoms with Crippen molar-refractivity contribution in [2.24, 2.45) is 0 Å². The van der Waals surface area contributed by atoms with Crippen molar-refractivity contribution in [3.63, 3.8) is 0 Å². The first kappa shape index (κ1) is 12.0. The summed E-state index contributed by atoms with van der Waals surface area (Å²) in [6.45, 7) is 5.13. The van der Waals surface area contributed by atoms with E-state index in [9.17, 15) is 0 Å². The number of aryl methyl sites for hydroxylation is 1. The van der Waals surface area contributed by atoms with Crippen LogP contribution in [0.4, 0.5) is 5.82 Å². The predicted octanol–water partition coefficient (Wildman–Crippen LogP) is 3.37. The fraction of sp³-hybridized carbons (Fsp3) is 0.500. The molecule has 0 aliphatic rings. The van der Waals surface area contributed by atoms with Gasteiger partial charge in [0.15, 0.2) is 0 Å². The molecule has 78 valence electrons. The molecule has 1 aromatic heterocycles.